The summed E-state index contributed by atoms with van der Waals surface area (Å²) in [6, 6.07) is 0. The number of ether oxygens (including phenoxy) is 6. The molecule has 0 aliphatic heterocycles. The van der Waals surface area contributed by atoms with Gasteiger partial charge in [-0.2, -0.15) is 0 Å². The van der Waals surface area contributed by atoms with E-state index >= 15 is 0 Å². The lowest BCUT2D eigenvalue weighted by Gasteiger charge is -2.18. The predicted molar refractivity (Wildman–Crippen MR) is 371 cm³/mol. The highest BCUT2D eigenvalue weighted by Gasteiger charge is 2.18. The van der Waals surface area contributed by atoms with Crippen LogP contribution in [0.2, 0.25) is 0 Å². The Morgan fingerprint density at radius 3 is 0.865 bits per heavy atom. The molecule has 0 saturated heterocycles. The number of carbonyl (C=O) groups is 5. The first kappa shape index (κ1) is 86.1. The lowest BCUT2D eigenvalue weighted by Crippen LogP contribution is -2.32. The fourth-order valence-corrected chi connectivity index (χ4v) is 11.7. The van der Waals surface area contributed by atoms with Crippen molar-refractivity contribution in [3.63, 3.8) is 0 Å². The molecule has 0 rings (SSSR count). The maximum absolute atomic E-state index is 12.8. The summed E-state index contributed by atoms with van der Waals surface area (Å²) < 4.78 is 34.7. The first-order valence-corrected chi connectivity index (χ1v) is 38.4. The summed E-state index contributed by atoms with van der Waals surface area (Å²) in [5.41, 5.74) is 0. The Kier molecular flexibility index (Phi) is 67.1. The fourth-order valence-electron chi connectivity index (χ4n) is 11.7. The number of carbonyl (C=O) groups excluding carboxylic acids is 5. The van der Waals surface area contributed by atoms with Crippen molar-refractivity contribution < 1.29 is 52.4 Å². The van der Waals surface area contributed by atoms with Gasteiger partial charge in [-0.1, -0.05) is 246 Å². The molecule has 0 aromatic carbocycles. The van der Waals surface area contributed by atoms with Gasteiger partial charge in [-0.05, 0) is 130 Å². The Bertz CT molecular complexity index is 1450. The van der Waals surface area contributed by atoms with Crippen LogP contribution in [-0.2, 0) is 47.6 Å². The first-order chi connectivity index (χ1) is 43.5. The van der Waals surface area contributed by atoms with Crippen LogP contribution in [-0.4, -0.2) is 107 Å². The van der Waals surface area contributed by atoms with E-state index in [0.29, 0.717) is 84.3 Å². The van der Waals surface area contributed by atoms with E-state index < -0.39 is 6.09 Å². The highest BCUT2D eigenvalue weighted by Crippen LogP contribution is 2.22. The van der Waals surface area contributed by atoms with Gasteiger partial charge in [0, 0.05) is 38.8 Å². The van der Waals surface area contributed by atoms with Gasteiger partial charge in [0.05, 0.1) is 26.4 Å². The molecule has 13 heteroatoms. The topological polar surface area (TPSA) is 156 Å². The van der Waals surface area contributed by atoms with Gasteiger partial charge in [-0.25, -0.2) is 4.79 Å². The van der Waals surface area contributed by atoms with Crippen molar-refractivity contribution >= 4 is 30.0 Å². The fraction of sp³-hybridized carbons (Fsp3) is 0.934. The summed E-state index contributed by atoms with van der Waals surface area (Å²) >= 11 is 0. The number of alkyl carbamates (subject to hydrolysis) is 1. The molecule has 0 fully saturated rings. The third kappa shape index (κ3) is 66.3. The third-order valence-corrected chi connectivity index (χ3v) is 17.5. The number of rotatable bonds is 71. The van der Waals surface area contributed by atoms with Crippen LogP contribution in [0.15, 0.2) is 0 Å². The Morgan fingerprint density at radius 2 is 0.551 bits per heavy atom. The molecule has 1 N–H and O–H groups in total. The van der Waals surface area contributed by atoms with Gasteiger partial charge < -0.3 is 38.6 Å². The Labute approximate surface area is 549 Å². The molecule has 0 saturated carbocycles. The van der Waals surface area contributed by atoms with Crippen molar-refractivity contribution in [2.75, 3.05) is 53.6 Å². The number of nitrogens with one attached hydrogen (secondary N) is 1. The number of esters is 4. The quantitative estimate of drug-likeness (QED) is 0.0350. The minimum absolute atomic E-state index is 0.00332. The van der Waals surface area contributed by atoms with Gasteiger partial charge in [0.25, 0.3) is 0 Å². The number of hydrogen-bond donors (Lipinski definition) is 1. The molecule has 2 atom stereocenters. The number of hydrogen-bond acceptors (Lipinski definition) is 12. The van der Waals surface area contributed by atoms with Crippen LogP contribution in [0.4, 0.5) is 4.79 Å². The Hall–Kier alpha value is -2.93. The zero-order valence-electron chi connectivity index (χ0n) is 59.5. The second-order valence-electron chi connectivity index (χ2n) is 26.6. The van der Waals surface area contributed by atoms with Crippen LogP contribution in [0.25, 0.3) is 0 Å². The molecule has 0 heterocycles. The van der Waals surface area contributed by atoms with E-state index in [0.717, 1.165) is 135 Å². The van der Waals surface area contributed by atoms with Gasteiger partial charge in [-0.3, -0.25) is 19.2 Å². The van der Waals surface area contributed by atoms with Gasteiger partial charge in [0.2, 0.25) is 0 Å². The van der Waals surface area contributed by atoms with Gasteiger partial charge in [-0.15, -0.1) is 0 Å². The zero-order valence-corrected chi connectivity index (χ0v) is 59.5. The lowest BCUT2D eigenvalue weighted by atomic mass is 10.0. The molecule has 1 amide bonds. The zero-order chi connectivity index (χ0) is 65.0. The Balaban J connectivity index is 4.41. The summed E-state index contributed by atoms with van der Waals surface area (Å²) in [5, 5.41) is 2.81. The summed E-state index contributed by atoms with van der Waals surface area (Å²) in [7, 11) is 3.98. The number of unbranched alkanes of at least 4 members (excludes halogenated alkanes) is 38. The van der Waals surface area contributed by atoms with Gasteiger partial charge in [0.1, 0.15) is 18.3 Å². The van der Waals surface area contributed by atoms with E-state index in [1.807, 2.05) is 19.0 Å². The second kappa shape index (κ2) is 69.4. The average Bonchev–Trinajstić information content (AvgIpc) is 3.61. The van der Waals surface area contributed by atoms with E-state index in [4.69, 9.17) is 28.4 Å². The molecule has 0 spiro atoms. The van der Waals surface area contributed by atoms with E-state index in [1.165, 1.54) is 180 Å². The minimum Gasteiger partial charge on any atom is -0.466 e. The molecule has 2 unspecified atom stereocenters. The Morgan fingerprint density at radius 1 is 0.292 bits per heavy atom. The van der Waals surface area contributed by atoms with Crippen LogP contribution in [0.1, 0.15) is 387 Å². The monoisotopic (exact) mass is 1260 g/mol. The largest absolute Gasteiger partial charge is 0.466 e. The summed E-state index contributed by atoms with van der Waals surface area (Å²) in [5.74, 6) is -0.284. The summed E-state index contributed by atoms with van der Waals surface area (Å²) in [6.07, 6.45) is 59.4. The van der Waals surface area contributed by atoms with Crippen LogP contribution in [0.5, 0.6) is 0 Å². The highest BCUT2D eigenvalue weighted by molar-refractivity contribution is 5.70. The SMILES string of the molecule is CCCCCCCCCCCC(=O)OC(CCCCCC)CCCCCCCCCCC(=O)OCCCCC(CCCCOC(=O)CCCCCCCCCCC(CCCCCC)OC(=O)CCCCCCCCCCC)OC(=O)NCCOCCN(C)C. The highest BCUT2D eigenvalue weighted by atomic mass is 16.6. The molecule has 526 valence electrons. The van der Waals surface area contributed by atoms with Crippen molar-refractivity contribution in [1.29, 1.82) is 0 Å². The molecule has 0 bridgehead atoms. The van der Waals surface area contributed by atoms with E-state index in [9.17, 15) is 24.0 Å². The predicted octanol–water partition coefficient (Wildman–Crippen LogP) is 21.5. The van der Waals surface area contributed by atoms with Crippen LogP contribution >= 0.6 is 0 Å². The molecular weight excluding hydrogens is 1120 g/mol. The van der Waals surface area contributed by atoms with Crippen molar-refractivity contribution in [1.82, 2.24) is 10.2 Å². The molecule has 0 aromatic rings. The van der Waals surface area contributed by atoms with Crippen molar-refractivity contribution in [3.05, 3.63) is 0 Å². The van der Waals surface area contributed by atoms with E-state index in [1.54, 1.807) is 0 Å². The minimum atomic E-state index is -0.463. The maximum Gasteiger partial charge on any atom is 0.407 e. The third-order valence-electron chi connectivity index (χ3n) is 17.5. The van der Waals surface area contributed by atoms with Crippen molar-refractivity contribution in [2.24, 2.45) is 0 Å². The molecule has 0 aliphatic rings. The lowest BCUT2D eigenvalue weighted by molar-refractivity contribution is -0.151. The summed E-state index contributed by atoms with van der Waals surface area (Å²) in [4.78, 5) is 65.4. The number of likely N-dealkylation sites (N-methyl/N-ethyl adjacent to an activating group) is 1. The van der Waals surface area contributed by atoms with Crippen LogP contribution in [0, 0.1) is 0 Å². The molecule has 13 nitrogen and oxygen atoms in total. The van der Waals surface area contributed by atoms with E-state index in [2.05, 4.69) is 33.0 Å². The normalized spacial score (nSPS) is 12.5. The molecule has 89 heavy (non-hydrogen) atoms. The van der Waals surface area contributed by atoms with Crippen LogP contribution in [0.3, 0.4) is 0 Å². The number of amides is 1. The average molecular weight is 1260 g/mol. The smallest absolute Gasteiger partial charge is 0.407 e. The van der Waals surface area contributed by atoms with E-state index in [-0.39, 0.29) is 42.2 Å². The van der Waals surface area contributed by atoms with Crippen molar-refractivity contribution in [2.45, 2.75) is 406 Å². The number of nitrogens with zero attached hydrogens (tertiary/aromatic N) is 1. The van der Waals surface area contributed by atoms with Crippen molar-refractivity contribution in [3.8, 4) is 0 Å². The molecule has 0 aliphatic carbocycles. The van der Waals surface area contributed by atoms with Crippen LogP contribution < -0.4 is 5.32 Å². The standard InChI is InChI=1S/C76H146N2O11/c1-7-11-15-19-21-23-33-39-47-61-74(81)87-69(53-41-17-13-9-3)55-43-35-29-25-27-31-37-45-59-72(79)85-65-51-49-57-71(89-76(83)77-63-67-84-68-64-78(5)6)58-50-52-66-86-73(80)60-46-38-32-28-26-30-36-44-56-70(54-42-18-14-10-4)88-75(82)62-48-40-34-24-22-20-16-12-8-2/h69-71H,7-68H2,1-6H3,(H,77,83). The molecule has 0 aromatic heterocycles. The molecule has 0 radical (unpaired) electrons. The van der Waals surface area contributed by atoms with Gasteiger partial charge in [0.15, 0.2) is 0 Å². The first-order valence-electron chi connectivity index (χ1n) is 38.4. The second-order valence-corrected chi connectivity index (χ2v) is 26.6. The maximum atomic E-state index is 12.8. The summed E-state index contributed by atoms with van der Waals surface area (Å²) in [6.45, 7) is 11.9. The molecular formula is C76H146N2O11. The van der Waals surface area contributed by atoms with Gasteiger partial charge >= 0.3 is 30.0 Å².